The second-order valence-electron chi connectivity index (χ2n) is 5.15. The van der Waals surface area contributed by atoms with Crippen LogP contribution in [0.25, 0.3) is 0 Å². The third kappa shape index (κ3) is 1.69. The molecule has 0 radical (unpaired) electrons. The lowest BCUT2D eigenvalue weighted by Gasteiger charge is -2.40. The quantitative estimate of drug-likeness (QED) is 0.691. The topological polar surface area (TPSA) is 66.4 Å². The van der Waals surface area contributed by atoms with Gasteiger partial charge in [-0.1, -0.05) is 6.42 Å². The molecule has 1 fully saturated rings. The molecule has 0 aromatic heterocycles. The molecule has 3 rings (SSSR count). The number of anilines is 1. The molecule has 1 aromatic carbocycles. The highest BCUT2D eigenvalue weighted by Crippen LogP contribution is 2.46. The SMILES string of the molecule is O=S1(=O)CC2(CCC2)CNc2ccc(O)cc21. The van der Waals surface area contributed by atoms with E-state index in [-0.39, 0.29) is 21.8 Å². The summed E-state index contributed by atoms with van der Waals surface area (Å²) in [7, 11) is -3.29. The van der Waals surface area contributed by atoms with E-state index in [0.717, 1.165) is 19.3 Å². The zero-order valence-electron chi connectivity index (χ0n) is 9.44. The summed E-state index contributed by atoms with van der Waals surface area (Å²) in [6.07, 6.45) is 3.05. The summed E-state index contributed by atoms with van der Waals surface area (Å²) < 4.78 is 24.6. The first-order chi connectivity index (χ1) is 8.01. The van der Waals surface area contributed by atoms with Gasteiger partial charge in [0.05, 0.1) is 16.3 Å². The number of hydrogen-bond acceptors (Lipinski definition) is 4. The summed E-state index contributed by atoms with van der Waals surface area (Å²) in [6.45, 7) is 0.712. The van der Waals surface area contributed by atoms with Crippen molar-refractivity contribution in [2.24, 2.45) is 5.41 Å². The van der Waals surface area contributed by atoms with E-state index in [1.165, 1.54) is 12.1 Å². The first-order valence-electron chi connectivity index (χ1n) is 5.81. The van der Waals surface area contributed by atoms with Crippen LogP contribution < -0.4 is 5.32 Å². The highest BCUT2D eigenvalue weighted by molar-refractivity contribution is 7.91. The highest BCUT2D eigenvalue weighted by Gasteiger charge is 2.43. The molecule has 5 heteroatoms. The Bertz CT molecular complexity index is 561. The first kappa shape index (κ1) is 10.9. The van der Waals surface area contributed by atoms with Crippen molar-refractivity contribution in [3.8, 4) is 5.75 Å². The van der Waals surface area contributed by atoms with E-state index in [9.17, 15) is 13.5 Å². The van der Waals surface area contributed by atoms with Crippen molar-refractivity contribution in [2.75, 3.05) is 17.6 Å². The summed E-state index contributed by atoms with van der Waals surface area (Å²) in [4.78, 5) is 0.237. The van der Waals surface area contributed by atoms with Gasteiger partial charge in [-0.05, 0) is 25.0 Å². The van der Waals surface area contributed by atoms with Crippen LogP contribution in [0.5, 0.6) is 5.75 Å². The Balaban J connectivity index is 2.10. The fourth-order valence-corrected chi connectivity index (χ4v) is 4.85. The molecule has 1 heterocycles. The Morgan fingerprint density at radius 1 is 1.29 bits per heavy atom. The van der Waals surface area contributed by atoms with Gasteiger partial charge in [-0.25, -0.2) is 8.42 Å². The van der Waals surface area contributed by atoms with Gasteiger partial charge in [0.1, 0.15) is 5.75 Å². The number of aromatic hydroxyl groups is 1. The van der Waals surface area contributed by atoms with Crippen molar-refractivity contribution in [1.29, 1.82) is 0 Å². The molecular formula is C12H15NO3S. The molecule has 4 nitrogen and oxygen atoms in total. The average Bonchev–Trinajstić information content (AvgIpc) is 2.33. The molecule has 2 N–H and O–H groups in total. The van der Waals surface area contributed by atoms with Crippen LogP contribution in [0.15, 0.2) is 23.1 Å². The molecule has 1 aliphatic carbocycles. The minimum Gasteiger partial charge on any atom is -0.508 e. The fourth-order valence-electron chi connectivity index (χ4n) is 2.73. The molecule has 0 saturated heterocycles. The fraction of sp³-hybridized carbons (Fsp3) is 0.500. The van der Waals surface area contributed by atoms with E-state index in [4.69, 9.17) is 0 Å². The van der Waals surface area contributed by atoms with Crippen molar-refractivity contribution in [2.45, 2.75) is 24.2 Å². The van der Waals surface area contributed by atoms with E-state index >= 15 is 0 Å². The predicted molar refractivity (Wildman–Crippen MR) is 64.9 cm³/mol. The van der Waals surface area contributed by atoms with Gasteiger partial charge in [0.15, 0.2) is 9.84 Å². The molecule has 0 atom stereocenters. The molecule has 17 heavy (non-hydrogen) atoms. The van der Waals surface area contributed by atoms with E-state index in [0.29, 0.717) is 12.2 Å². The van der Waals surface area contributed by atoms with Gasteiger partial charge in [0.25, 0.3) is 0 Å². The summed E-state index contributed by atoms with van der Waals surface area (Å²) in [5.41, 5.74) is 0.527. The van der Waals surface area contributed by atoms with Gasteiger partial charge in [0.2, 0.25) is 0 Å². The molecule has 92 valence electrons. The summed E-state index contributed by atoms with van der Waals surface area (Å²) in [6, 6.07) is 4.50. The standard InChI is InChI=1S/C12H15NO3S/c14-9-2-3-10-11(6-9)17(15,16)8-12(7-13-10)4-1-5-12/h2-3,6,13-14H,1,4-5,7-8H2. The lowest BCUT2D eigenvalue weighted by molar-refractivity contribution is 0.184. The van der Waals surface area contributed by atoms with Crippen LogP contribution in [0.2, 0.25) is 0 Å². The maximum atomic E-state index is 12.3. The molecule has 1 aliphatic heterocycles. The van der Waals surface area contributed by atoms with Gasteiger partial charge in [-0.2, -0.15) is 0 Å². The smallest absolute Gasteiger partial charge is 0.181 e. The largest absolute Gasteiger partial charge is 0.508 e. The molecule has 0 bridgehead atoms. The van der Waals surface area contributed by atoms with E-state index in [1.54, 1.807) is 6.07 Å². The maximum absolute atomic E-state index is 12.3. The number of benzene rings is 1. The number of fused-ring (bicyclic) bond motifs is 1. The van der Waals surface area contributed by atoms with Crippen LogP contribution in [-0.2, 0) is 9.84 Å². The minimum absolute atomic E-state index is 0.00122. The van der Waals surface area contributed by atoms with E-state index in [2.05, 4.69) is 5.32 Å². The van der Waals surface area contributed by atoms with Crippen molar-refractivity contribution in [3.63, 3.8) is 0 Å². The van der Waals surface area contributed by atoms with Crippen LogP contribution in [0.1, 0.15) is 19.3 Å². The number of nitrogens with one attached hydrogen (secondary N) is 1. The Labute approximate surface area is 101 Å². The van der Waals surface area contributed by atoms with Crippen molar-refractivity contribution < 1.29 is 13.5 Å². The number of phenols is 1. The van der Waals surface area contributed by atoms with E-state index < -0.39 is 9.84 Å². The minimum atomic E-state index is -3.29. The van der Waals surface area contributed by atoms with Crippen LogP contribution in [0.4, 0.5) is 5.69 Å². The number of rotatable bonds is 0. The number of sulfone groups is 1. The third-order valence-corrected chi connectivity index (χ3v) is 5.86. The molecule has 2 aliphatic rings. The second-order valence-corrected chi connectivity index (χ2v) is 7.10. The maximum Gasteiger partial charge on any atom is 0.181 e. The molecule has 1 spiro atoms. The lowest BCUT2D eigenvalue weighted by atomic mass is 9.70. The van der Waals surface area contributed by atoms with Crippen LogP contribution >= 0.6 is 0 Å². The number of hydrogen-bond donors (Lipinski definition) is 2. The Hall–Kier alpha value is -1.23. The zero-order chi connectivity index (χ0) is 12.1. The van der Waals surface area contributed by atoms with Crippen molar-refractivity contribution >= 4 is 15.5 Å². The Kier molecular flexibility index (Phi) is 2.17. The lowest BCUT2D eigenvalue weighted by Crippen LogP contribution is -2.40. The van der Waals surface area contributed by atoms with Crippen molar-refractivity contribution in [3.05, 3.63) is 18.2 Å². The van der Waals surface area contributed by atoms with Gasteiger partial charge in [-0.15, -0.1) is 0 Å². The summed E-state index contributed by atoms with van der Waals surface area (Å²) in [5.74, 6) is 0.197. The molecular weight excluding hydrogens is 238 g/mol. The Morgan fingerprint density at radius 3 is 2.71 bits per heavy atom. The van der Waals surface area contributed by atoms with Crippen molar-refractivity contribution in [1.82, 2.24) is 0 Å². The first-order valence-corrected chi connectivity index (χ1v) is 7.46. The van der Waals surface area contributed by atoms with Crippen LogP contribution in [-0.4, -0.2) is 25.8 Å². The molecule has 0 unspecified atom stereocenters. The predicted octanol–water partition coefficient (Wildman–Crippen LogP) is 1.76. The van der Waals surface area contributed by atoms with Crippen LogP contribution in [0.3, 0.4) is 0 Å². The highest BCUT2D eigenvalue weighted by atomic mass is 32.2. The Morgan fingerprint density at radius 2 is 2.06 bits per heavy atom. The van der Waals surface area contributed by atoms with Crippen LogP contribution in [0, 0.1) is 5.41 Å². The average molecular weight is 253 g/mol. The van der Waals surface area contributed by atoms with Gasteiger partial charge in [-0.3, -0.25) is 0 Å². The normalized spacial score (nSPS) is 24.2. The molecule has 1 saturated carbocycles. The van der Waals surface area contributed by atoms with Gasteiger partial charge in [0, 0.05) is 18.0 Å². The zero-order valence-corrected chi connectivity index (χ0v) is 10.3. The van der Waals surface area contributed by atoms with Gasteiger partial charge < -0.3 is 10.4 Å². The molecule has 1 aromatic rings. The third-order valence-electron chi connectivity index (χ3n) is 3.86. The molecule has 0 amide bonds. The van der Waals surface area contributed by atoms with E-state index in [1.807, 2.05) is 0 Å². The van der Waals surface area contributed by atoms with Gasteiger partial charge >= 0.3 is 0 Å². The summed E-state index contributed by atoms with van der Waals surface area (Å²) >= 11 is 0. The number of phenolic OH excluding ortho intramolecular Hbond substituents is 1. The summed E-state index contributed by atoms with van der Waals surface area (Å²) in [5, 5.41) is 12.6. The monoisotopic (exact) mass is 253 g/mol. The second kappa shape index (κ2) is 3.38.